The Morgan fingerprint density at radius 2 is 1.84 bits per heavy atom. The maximum Gasteiger partial charge on any atom is 0.103 e. The molecule has 2 rings (SSSR count). The van der Waals surface area contributed by atoms with Crippen molar-refractivity contribution in [2.75, 3.05) is 26.7 Å². The van der Waals surface area contributed by atoms with Gasteiger partial charge < -0.3 is 9.80 Å². The summed E-state index contributed by atoms with van der Waals surface area (Å²) in [7, 11) is 2.33. The minimum Gasteiger partial charge on any atom is -0.337 e. The van der Waals surface area contributed by atoms with E-state index in [1.54, 1.807) is 4.90 Å². The standard InChI is InChI=1S/C17H28N2/c1-3-4-12-19(15-16-8-6-5-7-9-16)17-10-13-18(2)14-11-17/h5-9,17H,3-4,10-15H2,1-2H3/p+2. The van der Waals surface area contributed by atoms with Crippen molar-refractivity contribution < 1.29 is 9.80 Å². The highest BCUT2D eigenvalue weighted by Crippen LogP contribution is 2.00. The normalized spacial score (nSPS) is 25.2. The van der Waals surface area contributed by atoms with Gasteiger partial charge in [0, 0.05) is 18.4 Å². The Hall–Kier alpha value is -0.860. The van der Waals surface area contributed by atoms with Crippen molar-refractivity contribution >= 4 is 0 Å². The molecule has 1 aromatic carbocycles. The van der Waals surface area contributed by atoms with Gasteiger partial charge in [0.15, 0.2) is 0 Å². The van der Waals surface area contributed by atoms with Gasteiger partial charge in [0.05, 0.1) is 32.7 Å². The van der Waals surface area contributed by atoms with Crippen LogP contribution in [0.15, 0.2) is 30.3 Å². The fourth-order valence-corrected chi connectivity index (χ4v) is 3.22. The average molecular weight is 262 g/mol. The Balaban J connectivity index is 1.95. The van der Waals surface area contributed by atoms with E-state index in [1.165, 1.54) is 57.4 Å². The SMILES string of the molecule is CCCC[NH+](Cc1ccccc1)C1CC[NH+](C)CC1. The van der Waals surface area contributed by atoms with Crippen LogP contribution in [-0.2, 0) is 6.54 Å². The number of hydrogen-bond acceptors (Lipinski definition) is 0. The Kier molecular flexibility index (Phi) is 5.87. The molecule has 0 radical (unpaired) electrons. The first kappa shape index (κ1) is 14.5. The maximum absolute atomic E-state index is 2.33. The van der Waals surface area contributed by atoms with E-state index < -0.39 is 0 Å². The van der Waals surface area contributed by atoms with Crippen LogP contribution in [0.5, 0.6) is 0 Å². The third-order valence-corrected chi connectivity index (χ3v) is 4.54. The van der Waals surface area contributed by atoms with E-state index in [0.717, 1.165) is 6.04 Å². The van der Waals surface area contributed by atoms with Crippen LogP contribution >= 0.6 is 0 Å². The van der Waals surface area contributed by atoms with Crippen LogP contribution in [0.2, 0.25) is 0 Å². The number of hydrogen-bond donors (Lipinski definition) is 2. The van der Waals surface area contributed by atoms with Crippen molar-refractivity contribution in [3.63, 3.8) is 0 Å². The highest BCUT2D eigenvalue weighted by Gasteiger charge is 2.28. The summed E-state index contributed by atoms with van der Waals surface area (Å²) in [5, 5.41) is 0. The summed E-state index contributed by atoms with van der Waals surface area (Å²) < 4.78 is 0. The van der Waals surface area contributed by atoms with Gasteiger partial charge in [-0.25, -0.2) is 0 Å². The minimum atomic E-state index is 0.885. The number of unbranched alkanes of at least 4 members (excludes halogenated alkanes) is 1. The second-order valence-electron chi connectivity index (χ2n) is 6.16. The zero-order valence-corrected chi connectivity index (χ0v) is 12.6. The molecule has 2 nitrogen and oxygen atoms in total. The molecule has 0 aliphatic carbocycles. The summed E-state index contributed by atoms with van der Waals surface area (Å²) in [6.45, 7) is 7.57. The molecule has 0 aromatic heterocycles. The van der Waals surface area contributed by atoms with Gasteiger partial charge in [-0.15, -0.1) is 0 Å². The van der Waals surface area contributed by atoms with Crippen LogP contribution in [0.3, 0.4) is 0 Å². The Morgan fingerprint density at radius 3 is 2.47 bits per heavy atom. The fraction of sp³-hybridized carbons (Fsp3) is 0.647. The third kappa shape index (κ3) is 4.63. The maximum atomic E-state index is 2.33. The quantitative estimate of drug-likeness (QED) is 0.741. The molecule has 1 saturated heterocycles. The summed E-state index contributed by atoms with van der Waals surface area (Å²) in [4.78, 5) is 3.53. The van der Waals surface area contributed by atoms with E-state index in [0.29, 0.717) is 0 Å². The van der Waals surface area contributed by atoms with E-state index in [9.17, 15) is 0 Å². The summed E-state index contributed by atoms with van der Waals surface area (Å²) in [6, 6.07) is 11.9. The molecule has 2 heteroatoms. The zero-order valence-electron chi connectivity index (χ0n) is 12.6. The van der Waals surface area contributed by atoms with E-state index in [-0.39, 0.29) is 0 Å². The lowest BCUT2D eigenvalue weighted by Gasteiger charge is -2.33. The molecule has 1 aliphatic rings. The van der Waals surface area contributed by atoms with E-state index in [1.807, 2.05) is 4.90 Å². The molecule has 19 heavy (non-hydrogen) atoms. The lowest BCUT2D eigenvalue weighted by Crippen LogP contribution is -3.19. The molecule has 0 bridgehead atoms. The molecular weight excluding hydrogens is 232 g/mol. The second kappa shape index (κ2) is 7.66. The number of likely N-dealkylation sites (tertiary alicyclic amines) is 1. The molecule has 1 fully saturated rings. The van der Waals surface area contributed by atoms with Gasteiger partial charge >= 0.3 is 0 Å². The highest BCUT2D eigenvalue weighted by atomic mass is 15.2. The van der Waals surface area contributed by atoms with E-state index in [2.05, 4.69) is 44.3 Å². The molecular formula is C17H30N2+2. The van der Waals surface area contributed by atoms with Crippen molar-refractivity contribution in [2.24, 2.45) is 0 Å². The lowest BCUT2D eigenvalue weighted by molar-refractivity contribution is -0.961. The van der Waals surface area contributed by atoms with Gasteiger partial charge in [-0.2, -0.15) is 0 Å². The Morgan fingerprint density at radius 1 is 1.16 bits per heavy atom. The topological polar surface area (TPSA) is 8.88 Å². The highest BCUT2D eigenvalue weighted by molar-refractivity contribution is 5.13. The molecule has 1 atom stereocenters. The van der Waals surface area contributed by atoms with Gasteiger partial charge in [0.2, 0.25) is 0 Å². The number of nitrogens with one attached hydrogen (secondary N) is 2. The van der Waals surface area contributed by atoms with Crippen molar-refractivity contribution in [2.45, 2.75) is 45.2 Å². The van der Waals surface area contributed by atoms with Gasteiger partial charge in [-0.3, -0.25) is 0 Å². The van der Waals surface area contributed by atoms with Crippen LogP contribution in [0.25, 0.3) is 0 Å². The largest absolute Gasteiger partial charge is 0.337 e. The summed E-state index contributed by atoms with van der Waals surface area (Å²) in [6.07, 6.45) is 5.48. The first-order valence-electron chi connectivity index (χ1n) is 7.99. The average Bonchev–Trinajstić information content (AvgIpc) is 2.45. The Labute approximate surface area is 118 Å². The molecule has 106 valence electrons. The summed E-state index contributed by atoms with van der Waals surface area (Å²) in [5.41, 5.74) is 1.50. The van der Waals surface area contributed by atoms with Crippen LogP contribution in [0.1, 0.15) is 38.2 Å². The van der Waals surface area contributed by atoms with Crippen LogP contribution in [0.4, 0.5) is 0 Å². The molecule has 1 aromatic rings. The third-order valence-electron chi connectivity index (χ3n) is 4.54. The van der Waals surface area contributed by atoms with Crippen molar-refractivity contribution in [1.82, 2.24) is 0 Å². The monoisotopic (exact) mass is 262 g/mol. The van der Waals surface area contributed by atoms with Crippen LogP contribution in [-0.4, -0.2) is 32.7 Å². The van der Waals surface area contributed by atoms with Gasteiger partial charge in [-0.1, -0.05) is 43.7 Å². The summed E-state index contributed by atoms with van der Waals surface area (Å²) in [5.74, 6) is 0. The first-order chi connectivity index (χ1) is 9.29. The van der Waals surface area contributed by atoms with Crippen LogP contribution in [0, 0.1) is 0 Å². The molecule has 0 saturated carbocycles. The first-order valence-corrected chi connectivity index (χ1v) is 7.99. The minimum absolute atomic E-state index is 0.885. The molecule has 2 N–H and O–H groups in total. The fourth-order valence-electron chi connectivity index (χ4n) is 3.22. The number of benzene rings is 1. The molecule has 1 heterocycles. The number of rotatable bonds is 6. The van der Waals surface area contributed by atoms with Crippen molar-refractivity contribution in [3.05, 3.63) is 35.9 Å². The van der Waals surface area contributed by atoms with E-state index in [4.69, 9.17) is 0 Å². The molecule has 0 amide bonds. The Bertz CT molecular complexity index is 342. The predicted octanol–water partition coefficient (Wildman–Crippen LogP) is 0.549. The molecule has 1 unspecified atom stereocenters. The zero-order chi connectivity index (χ0) is 13.5. The van der Waals surface area contributed by atoms with Gasteiger partial charge in [0.1, 0.15) is 6.54 Å². The lowest BCUT2D eigenvalue weighted by atomic mass is 10.0. The summed E-state index contributed by atoms with van der Waals surface area (Å²) >= 11 is 0. The van der Waals surface area contributed by atoms with Gasteiger partial charge in [0.25, 0.3) is 0 Å². The van der Waals surface area contributed by atoms with Gasteiger partial charge in [-0.05, 0) is 6.42 Å². The predicted molar refractivity (Wildman–Crippen MR) is 80.5 cm³/mol. The molecule has 1 aliphatic heterocycles. The van der Waals surface area contributed by atoms with E-state index >= 15 is 0 Å². The van der Waals surface area contributed by atoms with Crippen molar-refractivity contribution in [1.29, 1.82) is 0 Å². The number of quaternary nitrogens is 2. The number of piperidine rings is 1. The van der Waals surface area contributed by atoms with Crippen molar-refractivity contribution in [3.8, 4) is 0 Å². The molecule has 0 spiro atoms. The second-order valence-corrected chi connectivity index (χ2v) is 6.16. The smallest absolute Gasteiger partial charge is 0.103 e. The van der Waals surface area contributed by atoms with Crippen LogP contribution < -0.4 is 9.80 Å².